The van der Waals surface area contributed by atoms with E-state index in [2.05, 4.69) is 36.8 Å². The Kier molecular flexibility index (Phi) is 3.38. The summed E-state index contributed by atoms with van der Waals surface area (Å²) in [6, 6.07) is 2.06. The third kappa shape index (κ3) is 1.71. The van der Waals surface area contributed by atoms with E-state index in [4.69, 9.17) is 0 Å². The first-order chi connectivity index (χ1) is 8.63. The molecule has 2 aromatic heterocycles. The van der Waals surface area contributed by atoms with Gasteiger partial charge in [0.15, 0.2) is 0 Å². The molecule has 0 radical (unpaired) electrons. The van der Waals surface area contributed by atoms with Gasteiger partial charge in [0, 0.05) is 46.9 Å². The minimum Gasteiger partial charge on any atom is -0.264 e. The summed E-state index contributed by atoms with van der Waals surface area (Å²) in [6.45, 7) is 10.9. The lowest BCUT2D eigenvalue weighted by molar-refractivity contribution is 0.345. The maximum absolute atomic E-state index is 4.53. The van der Waals surface area contributed by atoms with Crippen LogP contribution in [0.4, 0.5) is 0 Å². The maximum Gasteiger partial charge on any atom is 0.0494 e. The van der Waals surface area contributed by atoms with Gasteiger partial charge in [-0.15, -0.1) is 0 Å². The van der Waals surface area contributed by atoms with E-state index in [1.165, 1.54) is 22.0 Å². The lowest BCUT2D eigenvalue weighted by atomic mass is 9.74. The predicted molar refractivity (Wildman–Crippen MR) is 76.8 cm³/mol. The summed E-state index contributed by atoms with van der Waals surface area (Å²) in [5, 5.41) is 2.57. The highest BCUT2D eigenvalue weighted by molar-refractivity contribution is 5.90. The first-order valence-electron chi connectivity index (χ1n) is 6.85. The lowest BCUT2D eigenvalue weighted by Gasteiger charge is -2.29. The summed E-state index contributed by atoms with van der Waals surface area (Å²) in [6.07, 6.45) is 6.91. The van der Waals surface area contributed by atoms with E-state index < -0.39 is 0 Å². The highest BCUT2D eigenvalue weighted by Crippen LogP contribution is 2.45. The van der Waals surface area contributed by atoms with Gasteiger partial charge in [0.25, 0.3) is 0 Å². The standard InChI is InChI=1S/C14H16N2.C2H6/c1-9(2)14(3)6-12-13-10(4-5-16-12)7-15-8-11(13)14;1-2/h4-5,7-9H,6H2,1-3H3;1-2H3. The largest absolute Gasteiger partial charge is 0.264 e. The molecule has 2 heterocycles. The minimum atomic E-state index is 0.198. The van der Waals surface area contributed by atoms with Crippen molar-refractivity contribution >= 4 is 10.8 Å². The van der Waals surface area contributed by atoms with Gasteiger partial charge in [-0.25, -0.2) is 0 Å². The molecule has 2 heteroatoms. The molecule has 2 nitrogen and oxygen atoms in total. The molecule has 1 aliphatic carbocycles. The van der Waals surface area contributed by atoms with Gasteiger partial charge in [-0.2, -0.15) is 0 Å². The van der Waals surface area contributed by atoms with E-state index in [-0.39, 0.29) is 5.41 Å². The monoisotopic (exact) mass is 242 g/mol. The molecule has 0 saturated carbocycles. The Hall–Kier alpha value is -1.44. The van der Waals surface area contributed by atoms with Crippen molar-refractivity contribution in [1.82, 2.24) is 9.97 Å². The second kappa shape index (κ2) is 4.68. The number of nitrogens with zero attached hydrogens (tertiary/aromatic N) is 2. The normalized spacial score (nSPS) is 21.0. The van der Waals surface area contributed by atoms with Crippen molar-refractivity contribution in [2.45, 2.75) is 46.5 Å². The molecule has 1 aliphatic rings. The molecule has 96 valence electrons. The van der Waals surface area contributed by atoms with E-state index in [1.54, 1.807) is 0 Å². The van der Waals surface area contributed by atoms with E-state index >= 15 is 0 Å². The van der Waals surface area contributed by atoms with Crippen LogP contribution in [0.5, 0.6) is 0 Å². The first-order valence-corrected chi connectivity index (χ1v) is 6.85. The van der Waals surface area contributed by atoms with E-state index in [9.17, 15) is 0 Å². The number of rotatable bonds is 1. The molecule has 0 fully saturated rings. The van der Waals surface area contributed by atoms with Gasteiger partial charge in [-0.05, 0) is 17.5 Å². The molecule has 0 aliphatic heterocycles. The zero-order valence-corrected chi connectivity index (χ0v) is 12.0. The molecule has 0 N–H and O–H groups in total. The Balaban J connectivity index is 0.000000574. The van der Waals surface area contributed by atoms with Crippen molar-refractivity contribution in [2.75, 3.05) is 0 Å². The van der Waals surface area contributed by atoms with Crippen molar-refractivity contribution in [1.29, 1.82) is 0 Å². The second-order valence-corrected chi connectivity index (χ2v) is 5.29. The fourth-order valence-electron chi connectivity index (χ4n) is 2.72. The molecule has 0 spiro atoms. The molecule has 0 saturated heterocycles. The van der Waals surface area contributed by atoms with Gasteiger partial charge in [0.05, 0.1) is 0 Å². The number of aromatic nitrogens is 2. The lowest BCUT2D eigenvalue weighted by Crippen LogP contribution is -2.28. The summed E-state index contributed by atoms with van der Waals surface area (Å²) in [4.78, 5) is 8.89. The van der Waals surface area contributed by atoms with Crippen LogP contribution >= 0.6 is 0 Å². The Bertz CT molecular complexity index is 555. The Labute approximate surface area is 109 Å². The fourth-order valence-corrected chi connectivity index (χ4v) is 2.72. The third-order valence-corrected chi connectivity index (χ3v) is 4.17. The van der Waals surface area contributed by atoms with Crippen LogP contribution in [0, 0.1) is 5.92 Å². The predicted octanol–water partition coefficient (Wildman–Crippen LogP) is 4.13. The molecule has 0 aromatic carbocycles. The van der Waals surface area contributed by atoms with Crippen molar-refractivity contribution < 1.29 is 0 Å². The summed E-state index contributed by atoms with van der Waals surface area (Å²) >= 11 is 0. The maximum atomic E-state index is 4.53. The average Bonchev–Trinajstić information content (AvgIpc) is 2.69. The van der Waals surface area contributed by atoms with Gasteiger partial charge in [0.2, 0.25) is 0 Å². The Morgan fingerprint density at radius 2 is 1.94 bits per heavy atom. The van der Waals surface area contributed by atoms with Gasteiger partial charge in [-0.3, -0.25) is 9.97 Å². The van der Waals surface area contributed by atoms with Crippen LogP contribution in [0.25, 0.3) is 10.8 Å². The third-order valence-electron chi connectivity index (χ3n) is 4.17. The van der Waals surface area contributed by atoms with Gasteiger partial charge >= 0.3 is 0 Å². The zero-order chi connectivity index (χ0) is 13.3. The number of hydrogen-bond acceptors (Lipinski definition) is 2. The molecule has 0 amide bonds. The van der Waals surface area contributed by atoms with Crippen LogP contribution in [0.1, 0.15) is 45.9 Å². The highest BCUT2D eigenvalue weighted by Gasteiger charge is 2.38. The van der Waals surface area contributed by atoms with Crippen LogP contribution in [0.15, 0.2) is 24.7 Å². The van der Waals surface area contributed by atoms with Crippen molar-refractivity contribution in [3.05, 3.63) is 35.9 Å². The van der Waals surface area contributed by atoms with Crippen LogP contribution < -0.4 is 0 Å². The van der Waals surface area contributed by atoms with Crippen LogP contribution in [-0.2, 0) is 11.8 Å². The topological polar surface area (TPSA) is 25.8 Å². The van der Waals surface area contributed by atoms with E-state index in [1.807, 2.05) is 32.4 Å². The molecule has 1 unspecified atom stereocenters. The van der Waals surface area contributed by atoms with Crippen LogP contribution in [0.3, 0.4) is 0 Å². The SMILES string of the molecule is CC.CC(C)C1(C)Cc2nccc3cncc1c23. The van der Waals surface area contributed by atoms with E-state index in [0.717, 1.165) is 6.42 Å². The van der Waals surface area contributed by atoms with Crippen molar-refractivity contribution in [3.8, 4) is 0 Å². The smallest absolute Gasteiger partial charge is 0.0494 e. The minimum absolute atomic E-state index is 0.198. The van der Waals surface area contributed by atoms with E-state index in [0.29, 0.717) is 5.92 Å². The highest BCUT2D eigenvalue weighted by atomic mass is 14.7. The van der Waals surface area contributed by atoms with Gasteiger partial charge < -0.3 is 0 Å². The van der Waals surface area contributed by atoms with Gasteiger partial charge in [-0.1, -0.05) is 34.6 Å². The molecule has 1 atom stereocenters. The van der Waals surface area contributed by atoms with Crippen LogP contribution in [-0.4, -0.2) is 9.97 Å². The quantitative estimate of drug-likeness (QED) is 0.751. The average molecular weight is 242 g/mol. The summed E-state index contributed by atoms with van der Waals surface area (Å²) in [5.41, 5.74) is 2.82. The molecular formula is C16H22N2. The number of hydrogen-bond donors (Lipinski definition) is 0. The van der Waals surface area contributed by atoms with Gasteiger partial charge in [0.1, 0.15) is 0 Å². The molecule has 18 heavy (non-hydrogen) atoms. The summed E-state index contributed by atoms with van der Waals surface area (Å²) < 4.78 is 0. The number of pyridine rings is 2. The van der Waals surface area contributed by atoms with Crippen molar-refractivity contribution in [2.24, 2.45) is 5.92 Å². The fraction of sp³-hybridized carbons (Fsp3) is 0.500. The Morgan fingerprint density at radius 1 is 1.22 bits per heavy atom. The molecule has 3 rings (SSSR count). The second-order valence-electron chi connectivity index (χ2n) is 5.29. The molecular weight excluding hydrogens is 220 g/mol. The zero-order valence-electron chi connectivity index (χ0n) is 12.0. The molecule has 2 aromatic rings. The molecule has 0 bridgehead atoms. The van der Waals surface area contributed by atoms with Crippen molar-refractivity contribution in [3.63, 3.8) is 0 Å². The Morgan fingerprint density at radius 3 is 2.61 bits per heavy atom. The summed E-state index contributed by atoms with van der Waals surface area (Å²) in [7, 11) is 0. The van der Waals surface area contributed by atoms with Crippen LogP contribution in [0.2, 0.25) is 0 Å². The summed E-state index contributed by atoms with van der Waals surface area (Å²) in [5.74, 6) is 0.606. The first kappa shape index (κ1) is 13.0.